The smallest absolute Gasteiger partial charge is 0.330 e. The lowest BCUT2D eigenvalue weighted by molar-refractivity contribution is -0.278. The minimum absolute atomic E-state index is 0.0970. The summed E-state index contributed by atoms with van der Waals surface area (Å²) in [7, 11) is 0. The van der Waals surface area contributed by atoms with Gasteiger partial charge in [0.05, 0.1) is 10.9 Å². The Bertz CT molecular complexity index is 1050. The van der Waals surface area contributed by atoms with E-state index in [-0.39, 0.29) is 34.8 Å². The number of allylic oxidation sites excluding steroid dienone is 1. The van der Waals surface area contributed by atoms with Crippen molar-refractivity contribution in [2.24, 2.45) is 0 Å². The molecule has 172 valence electrons. The van der Waals surface area contributed by atoms with E-state index in [1.54, 1.807) is 32.0 Å². The van der Waals surface area contributed by atoms with Gasteiger partial charge in [-0.3, -0.25) is 4.79 Å². The number of aromatic hydroxyl groups is 1. The molecule has 0 amide bonds. The zero-order chi connectivity index (χ0) is 23.6. The zero-order valence-electron chi connectivity index (χ0n) is 17.9. The monoisotopic (exact) mass is 446 g/mol. The molecular weight excluding hydrogens is 420 g/mol. The van der Waals surface area contributed by atoms with Crippen LogP contribution in [0.3, 0.4) is 0 Å². The third-order valence-electron chi connectivity index (χ3n) is 5.25. The molecule has 2 aromatic carbocycles. The van der Waals surface area contributed by atoms with E-state index in [1.165, 1.54) is 25.1 Å². The van der Waals surface area contributed by atoms with Gasteiger partial charge >= 0.3 is 5.97 Å². The number of rotatable bonds is 6. The number of aliphatic hydroxyl groups is 3. The summed E-state index contributed by atoms with van der Waals surface area (Å²) >= 11 is 0. The van der Waals surface area contributed by atoms with Crippen LogP contribution in [0.15, 0.2) is 36.4 Å². The second-order valence-electron chi connectivity index (χ2n) is 7.59. The maximum Gasteiger partial charge on any atom is 0.330 e. The summed E-state index contributed by atoms with van der Waals surface area (Å²) in [5.74, 6) is -1.16. The molecule has 32 heavy (non-hydrogen) atoms. The van der Waals surface area contributed by atoms with E-state index < -0.39 is 36.7 Å². The number of hydrogen-bond donors (Lipinski definition) is 4. The number of hydrogen-bond acceptors (Lipinski definition) is 9. The van der Waals surface area contributed by atoms with Crippen molar-refractivity contribution < 1.29 is 44.2 Å². The van der Waals surface area contributed by atoms with Crippen LogP contribution in [0, 0.1) is 6.92 Å². The Kier molecular flexibility index (Phi) is 7.15. The highest BCUT2D eigenvalue weighted by atomic mass is 16.7. The third-order valence-corrected chi connectivity index (χ3v) is 5.25. The molecule has 1 fully saturated rings. The highest BCUT2D eigenvalue weighted by Gasteiger charge is 2.45. The average Bonchev–Trinajstić information content (AvgIpc) is 2.73. The second kappa shape index (κ2) is 9.66. The Morgan fingerprint density at radius 2 is 1.88 bits per heavy atom. The number of Topliss-reactive ketones (excluding diaryl/α,β-unsaturated/α-hetero) is 1. The summed E-state index contributed by atoms with van der Waals surface area (Å²) in [6.45, 7) is 4.29. The van der Waals surface area contributed by atoms with Gasteiger partial charge in [-0.05, 0) is 37.8 Å². The molecule has 3 rings (SSSR count). The van der Waals surface area contributed by atoms with E-state index in [9.17, 15) is 30.0 Å². The number of aryl methyl sites for hydroxylation is 1. The van der Waals surface area contributed by atoms with Crippen molar-refractivity contribution in [2.75, 3.05) is 6.61 Å². The van der Waals surface area contributed by atoms with Crippen LogP contribution < -0.4 is 4.74 Å². The van der Waals surface area contributed by atoms with Crippen LogP contribution in [0.5, 0.6) is 11.5 Å². The summed E-state index contributed by atoms with van der Waals surface area (Å²) in [6, 6.07) is 6.61. The van der Waals surface area contributed by atoms with Crippen molar-refractivity contribution in [3.8, 4) is 11.5 Å². The Morgan fingerprint density at radius 1 is 1.16 bits per heavy atom. The van der Waals surface area contributed by atoms with E-state index in [1.807, 2.05) is 0 Å². The Labute approximate surface area is 184 Å². The van der Waals surface area contributed by atoms with Gasteiger partial charge in [0.1, 0.15) is 42.5 Å². The zero-order valence-corrected chi connectivity index (χ0v) is 17.9. The summed E-state index contributed by atoms with van der Waals surface area (Å²) in [4.78, 5) is 23.6. The molecule has 1 aliphatic heterocycles. The predicted molar refractivity (Wildman–Crippen MR) is 113 cm³/mol. The van der Waals surface area contributed by atoms with E-state index in [0.29, 0.717) is 10.9 Å². The molecule has 1 aliphatic rings. The van der Waals surface area contributed by atoms with Crippen molar-refractivity contribution >= 4 is 22.5 Å². The highest BCUT2D eigenvalue weighted by Crippen LogP contribution is 2.39. The van der Waals surface area contributed by atoms with Crippen molar-refractivity contribution in [2.45, 2.75) is 51.5 Å². The standard InChI is InChI=1S/C23H26O9/c1-4-6-16(25)30-10-15-19(26)21(28)22(29)23(32-15)31-14-8-5-7-13-9-11(2)17(12(3)24)20(27)18(13)14/h4-9,15,19,21-23,26-29H,10H2,1-3H3. The minimum atomic E-state index is -1.64. The largest absolute Gasteiger partial charge is 0.506 e. The first kappa shape index (κ1) is 23.7. The van der Waals surface area contributed by atoms with Gasteiger partial charge in [0, 0.05) is 6.08 Å². The van der Waals surface area contributed by atoms with Crippen LogP contribution in [0.2, 0.25) is 0 Å². The fourth-order valence-electron chi connectivity index (χ4n) is 3.71. The Morgan fingerprint density at radius 3 is 2.53 bits per heavy atom. The maximum atomic E-state index is 12.0. The van der Waals surface area contributed by atoms with Gasteiger partial charge in [0.25, 0.3) is 0 Å². The van der Waals surface area contributed by atoms with Gasteiger partial charge in [-0.2, -0.15) is 0 Å². The third kappa shape index (κ3) is 4.61. The predicted octanol–water partition coefficient (Wildman–Crippen LogP) is 1.36. The number of ketones is 1. The van der Waals surface area contributed by atoms with Crippen LogP contribution >= 0.6 is 0 Å². The van der Waals surface area contributed by atoms with Crippen LogP contribution in [0.1, 0.15) is 29.8 Å². The minimum Gasteiger partial charge on any atom is -0.506 e. The van der Waals surface area contributed by atoms with E-state index >= 15 is 0 Å². The summed E-state index contributed by atoms with van der Waals surface area (Å²) in [5, 5.41) is 42.4. The molecule has 0 saturated carbocycles. The molecule has 0 aliphatic carbocycles. The van der Waals surface area contributed by atoms with Crippen molar-refractivity contribution in [3.05, 3.63) is 47.5 Å². The maximum absolute atomic E-state index is 12.0. The molecule has 5 unspecified atom stereocenters. The van der Waals surface area contributed by atoms with Gasteiger partial charge in [-0.15, -0.1) is 0 Å². The van der Waals surface area contributed by atoms with Gasteiger partial charge in [-0.25, -0.2) is 4.79 Å². The van der Waals surface area contributed by atoms with Crippen molar-refractivity contribution in [1.82, 2.24) is 0 Å². The first-order chi connectivity index (χ1) is 15.1. The lowest BCUT2D eigenvalue weighted by Gasteiger charge is -2.40. The summed E-state index contributed by atoms with van der Waals surface area (Å²) in [5.41, 5.74) is 0.734. The molecule has 4 N–H and O–H groups in total. The van der Waals surface area contributed by atoms with E-state index in [2.05, 4.69) is 0 Å². The van der Waals surface area contributed by atoms with E-state index in [4.69, 9.17) is 14.2 Å². The van der Waals surface area contributed by atoms with Crippen LogP contribution in [0.25, 0.3) is 10.8 Å². The molecule has 2 aromatic rings. The molecule has 5 atom stereocenters. The fraction of sp³-hybridized carbons (Fsp3) is 0.391. The first-order valence-electron chi connectivity index (χ1n) is 10.1. The van der Waals surface area contributed by atoms with Crippen LogP contribution in [-0.2, 0) is 14.3 Å². The number of carbonyl (C=O) groups excluding carboxylic acids is 2. The lowest BCUT2D eigenvalue weighted by atomic mass is 9.97. The Balaban J connectivity index is 1.92. The molecule has 1 saturated heterocycles. The van der Waals surface area contributed by atoms with Gasteiger partial charge in [0.2, 0.25) is 6.29 Å². The van der Waals surface area contributed by atoms with Gasteiger partial charge < -0.3 is 34.6 Å². The number of aliphatic hydroxyl groups excluding tert-OH is 3. The number of fused-ring (bicyclic) bond motifs is 1. The average molecular weight is 446 g/mol. The lowest BCUT2D eigenvalue weighted by Crippen LogP contribution is -2.60. The number of benzene rings is 2. The van der Waals surface area contributed by atoms with Gasteiger partial charge in [-0.1, -0.05) is 24.3 Å². The van der Waals surface area contributed by atoms with Crippen LogP contribution in [0.4, 0.5) is 0 Å². The quantitative estimate of drug-likeness (QED) is 0.294. The molecule has 0 radical (unpaired) electrons. The number of carbonyl (C=O) groups is 2. The highest BCUT2D eigenvalue weighted by molar-refractivity contribution is 6.06. The number of phenols is 1. The van der Waals surface area contributed by atoms with Crippen LogP contribution in [-0.4, -0.2) is 69.5 Å². The molecule has 0 bridgehead atoms. The van der Waals surface area contributed by atoms with Gasteiger partial charge in [0.15, 0.2) is 5.78 Å². The topological polar surface area (TPSA) is 143 Å². The fourth-order valence-corrected chi connectivity index (χ4v) is 3.71. The summed E-state index contributed by atoms with van der Waals surface area (Å²) in [6.07, 6.45) is -4.77. The number of phenolic OH excluding ortho intramolecular Hbond substituents is 1. The SMILES string of the molecule is CC=CC(=O)OCC1OC(Oc2cccc3cc(C)c(C(C)=O)c(O)c23)C(O)C(O)C1O. The normalized spacial score (nSPS) is 25.8. The molecule has 0 spiro atoms. The van der Waals surface area contributed by atoms with Crippen molar-refractivity contribution in [1.29, 1.82) is 0 Å². The Hall–Kier alpha value is -2.98. The van der Waals surface area contributed by atoms with E-state index in [0.717, 1.165) is 0 Å². The number of esters is 1. The van der Waals surface area contributed by atoms with Crippen molar-refractivity contribution in [3.63, 3.8) is 0 Å². The summed E-state index contributed by atoms with van der Waals surface area (Å²) < 4.78 is 16.3. The molecule has 9 nitrogen and oxygen atoms in total. The molecule has 9 heteroatoms. The first-order valence-corrected chi connectivity index (χ1v) is 10.1. The number of ether oxygens (including phenoxy) is 3. The molecule has 0 aromatic heterocycles. The second-order valence-corrected chi connectivity index (χ2v) is 7.59. The molecule has 1 heterocycles. The molecular formula is C23H26O9.